The number of nitrogens with zero attached hydrogens (tertiary/aromatic N) is 3. The maximum Gasteiger partial charge on any atom is 0.246 e. The molecular formula is C17H16FN3O. The lowest BCUT2D eigenvalue weighted by atomic mass is 10.2. The van der Waals surface area contributed by atoms with E-state index in [0.29, 0.717) is 24.8 Å². The number of halogens is 1. The van der Waals surface area contributed by atoms with Crippen LogP contribution in [0.4, 0.5) is 10.1 Å². The van der Waals surface area contributed by atoms with Gasteiger partial charge in [-0.25, -0.2) is 4.39 Å². The zero-order valence-electron chi connectivity index (χ0n) is 12.2. The SMILES string of the molecule is CCN(Cc1nc(-c2ccccc2)no1)c1cccc(F)c1. The molecule has 3 rings (SSSR count). The number of hydrogen-bond donors (Lipinski definition) is 0. The minimum atomic E-state index is -0.258. The summed E-state index contributed by atoms with van der Waals surface area (Å²) in [5, 5.41) is 4.00. The molecule has 0 atom stereocenters. The first-order valence-electron chi connectivity index (χ1n) is 7.15. The summed E-state index contributed by atoms with van der Waals surface area (Å²) in [7, 11) is 0. The molecule has 0 aliphatic heterocycles. The first-order valence-corrected chi connectivity index (χ1v) is 7.15. The molecule has 0 aliphatic carbocycles. The molecule has 0 aliphatic rings. The molecule has 0 bridgehead atoms. The molecule has 4 nitrogen and oxygen atoms in total. The van der Waals surface area contributed by atoms with Crippen LogP contribution in [0.25, 0.3) is 11.4 Å². The van der Waals surface area contributed by atoms with Crippen molar-refractivity contribution >= 4 is 5.69 Å². The number of aromatic nitrogens is 2. The lowest BCUT2D eigenvalue weighted by molar-refractivity contribution is 0.377. The molecule has 1 aromatic heterocycles. The lowest BCUT2D eigenvalue weighted by Gasteiger charge is -2.20. The van der Waals surface area contributed by atoms with Crippen LogP contribution in [-0.2, 0) is 6.54 Å². The Hall–Kier alpha value is -2.69. The van der Waals surface area contributed by atoms with Crippen LogP contribution in [-0.4, -0.2) is 16.7 Å². The van der Waals surface area contributed by atoms with E-state index in [1.54, 1.807) is 6.07 Å². The summed E-state index contributed by atoms with van der Waals surface area (Å²) in [6.45, 7) is 3.16. The Labute approximate surface area is 128 Å². The van der Waals surface area contributed by atoms with Crippen molar-refractivity contribution in [1.29, 1.82) is 0 Å². The zero-order valence-corrected chi connectivity index (χ0v) is 12.2. The van der Waals surface area contributed by atoms with Gasteiger partial charge in [0.1, 0.15) is 5.82 Å². The Bertz CT molecular complexity index is 742. The summed E-state index contributed by atoms with van der Waals surface area (Å²) < 4.78 is 18.7. The molecule has 1 heterocycles. The van der Waals surface area contributed by atoms with Gasteiger partial charge < -0.3 is 9.42 Å². The highest BCUT2D eigenvalue weighted by atomic mass is 19.1. The van der Waals surface area contributed by atoms with Gasteiger partial charge in [-0.05, 0) is 25.1 Å². The van der Waals surface area contributed by atoms with Crippen molar-refractivity contribution < 1.29 is 8.91 Å². The lowest BCUT2D eigenvalue weighted by Crippen LogP contribution is -2.22. The summed E-state index contributed by atoms with van der Waals surface area (Å²) in [6.07, 6.45) is 0. The highest BCUT2D eigenvalue weighted by molar-refractivity contribution is 5.53. The minimum absolute atomic E-state index is 0.258. The van der Waals surface area contributed by atoms with E-state index in [0.717, 1.165) is 11.3 Å². The van der Waals surface area contributed by atoms with Crippen molar-refractivity contribution in [3.05, 3.63) is 66.3 Å². The third kappa shape index (κ3) is 3.14. The van der Waals surface area contributed by atoms with E-state index < -0.39 is 0 Å². The van der Waals surface area contributed by atoms with Crippen LogP contribution in [0.2, 0.25) is 0 Å². The zero-order chi connectivity index (χ0) is 15.4. The predicted octanol–water partition coefficient (Wildman–Crippen LogP) is 3.90. The van der Waals surface area contributed by atoms with Crippen LogP contribution in [0.15, 0.2) is 59.1 Å². The summed E-state index contributed by atoms with van der Waals surface area (Å²) in [6, 6.07) is 16.1. The van der Waals surface area contributed by atoms with Gasteiger partial charge in [-0.1, -0.05) is 41.6 Å². The normalized spacial score (nSPS) is 10.6. The quantitative estimate of drug-likeness (QED) is 0.716. The van der Waals surface area contributed by atoms with E-state index in [4.69, 9.17) is 4.52 Å². The van der Waals surface area contributed by atoms with Gasteiger partial charge in [0.2, 0.25) is 11.7 Å². The molecule has 0 saturated heterocycles. The molecule has 112 valence electrons. The van der Waals surface area contributed by atoms with Gasteiger partial charge in [-0.3, -0.25) is 0 Å². The molecule has 2 aromatic carbocycles. The van der Waals surface area contributed by atoms with Crippen molar-refractivity contribution in [3.8, 4) is 11.4 Å². The molecule has 0 saturated carbocycles. The Morgan fingerprint density at radius 2 is 1.91 bits per heavy atom. The third-order valence-electron chi connectivity index (χ3n) is 3.38. The highest BCUT2D eigenvalue weighted by Crippen LogP contribution is 2.19. The van der Waals surface area contributed by atoms with Crippen LogP contribution in [0.3, 0.4) is 0 Å². The maximum absolute atomic E-state index is 13.4. The smallest absolute Gasteiger partial charge is 0.246 e. The maximum atomic E-state index is 13.4. The molecule has 0 fully saturated rings. The van der Waals surface area contributed by atoms with Crippen molar-refractivity contribution in [3.63, 3.8) is 0 Å². The van der Waals surface area contributed by atoms with E-state index >= 15 is 0 Å². The second-order valence-corrected chi connectivity index (χ2v) is 4.87. The van der Waals surface area contributed by atoms with Crippen LogP contribution in [0.5, 0.6) is 0 Å². The molecule has 0 spiro atoms. The van der Waals surface area contributed by atoms with Crippen molar-refractivity contribution in [2.75, 3.05) is 11.4 Å². The van der Waals surface area contributed by atoms with E-state index in [-0.39, 0.29) is 5.82 Å². The fourth-order valence-electron chi connectivity index (χ4n) is 2.25. The van der Waals surface area contributed by atoms with Crippen LogP contribution < -0.4 is 4.90 Å². The average Bonchev–Trinajstić information content (AvgIpc) is 3.02. The van der Waals surface area contributed by atoms with Gasteiger partial charge >= 0.3 is 0 Å². The Morgan fingerprint density at radius 1 is 1.09 bits per heavy atom. The second-order valence-electron chi connectivity index (χ2n) is 4.87. The molecule has 0 amide bonds. The average molecular weight is 297 g/mol. The van der Waals surface area contributed by atoms with Crippen LogP contribution >= 0.6 is 0 Å². The molecule has 0 N–H and O–H groups in total. The molecule has 0 unspecified atom stereocenters. The van der Waals surface area contributed by atoms with E-state index in [9.17, 15) is 4.39 Å². The van der Waals surface area contributed by atoms with Gasteiger partial charge in [-0.15, -0.1) is 0 Å². The number of benzene rings is 2. The summed E-state index contributed by atoms with van der Waals surface area (Å²) >= 11 is 0. The van der Waals surface area contributed by atoms with Gasteiger partial charge in [-0.2, -0.15) is 4.98 Å². The highest BCUT2D eigenvalue weighted by Gasteiger charge is 2.13. The number of anilines is 1. The Balaban J connectivity index is 1.79. The van der Waals surface area contributed by atoms with Crippen molar-refractivity contribution in [2.24, 2.45) is 0 Å². The van der Waals surface area contributed by atoms with Crippen molar-refractivity contribution in [1.82, 2.24) is 10.1 Å². The summed E-state index contributed by atoms with van der Waals surface area (Å²) in [5.41, 5.74) is 1.70. The molecule has 0 radical (unpaired) electrons. The first kappa shape index (κ1) is 14.3. The number of hydrogen-bond acceptors (Lipinski definition) is 4. The number of rotatable bonds is 5. The summed E-state index contributed by atoms with van der Waals surface area (Å²) in [5.74, 6) is 0.808. The van der Waals surface area contributed by atoms with E-state index in [1.807, 2.05) is 48.2 Å². The Morgan fingerprint density at radius 3 is 2.64 bits per heavy atom. The molecule has 22 heavy (non-hydrogen) atoms. The fourth-order valence-corrected chi connectivity index (χ4v) is 2.25. The third-order valence-corrected chi connectivity index (χ3v) is 3.38. The Kier molecular flexibility index (Phi) is 4.14. The molecule has 5 heteroatoms. The summed E-state index contributed by atoms with van der Waals surface area (Å²) in [4.78, 5) is 6.38. The van der Waals surface area contributed by atoms with Gasteiger partial charge in [0, 0.05) is 17.8 Å². The van der Waals surface area contributed by atoms with Gasteiger partial charge in [0.15, 0.2) is 0 Å². The molecular weight excluding hydrogens is 281 g/mol. The van der Waals surface area contributed by atoms with Gasteiger partial charge in [0.05, 0.1) is 6.54 Å². The monoisotopic (exact) mass is 297 g/mol. The van der Waals surface area contributed by atoms with Crippen LogP contribution in [0.1, 0.15) is 12.8 Å². The van der Waals surface area contributed by atoms with Crippen molar-refractivity contribution in [2.45, 2.75) is 13.5 Å². The van der Waals surface area contributed by atoms with Crippen LogP contribution in [0, 0.1) is 5.82 Å². The minimum Gasteiger partial charge on any atom is -0.362 e. The standard InChI is InChI=1S/C17H16FN3O/c1-2-21(15-10-6-9-14(18)11-15)12-16-19-17(20-22-16)13-7-4-3-5-8-13/h3-11H,2,12H2,1H3. The predicted molar refractivity (Wildman–Crippen MR) is 82.9 cm³/mol. The van der Waals surface area contributed by atoms with E-state index in [2.05, 4.69) is 10.1 Å². The first-order chi connectivity index (χ1) is 10.8. The van der Waals surface area contributed by atoms with E-state index in [1.165, 1.54) is 12.1 Å². The van der Waals surface area contributed by atoms with Gasteiger partial charge in [0.25, 0.3) is 0 Å². The topological polar surface area (TPSA) is 42.2 Å². The largest absolute Gasteiger partial charge is 0.362 e. The second kappa shape index (κ2) is 6.39. The fraction of sp³-hybridized carbons (Fsp3) is 0.176. The molecule has 3 aromatic rings.